The molecule has 0 radical (unpaired) electrons. The van der Waals surface area contributed by atoms with Crippen LogP contribution in [0.2, 0.25) is 0 Å². The monoisotopic (exact) mass is 381 g/mol. The minimum atomic E-state index is -0.127. The first kappa shape index (κ1) is 19.1. The smallest absolute Gasteiger partial charge is 0.281 e. The molecule has 1 aliphatic rings. The zero-order valence-corrected chi connectivity index (χ0v) is 16.3. The van der Waals surface area contributed by atoms with Crippen LogP contribution >= 0.6 is 12.2 Å². The average molecular weight is 382 g/mol. The van der Waals surface area contributed by atoms with Crippen LogP contribution in [-0.4, -0.2) is 48.3 Å². The minimum absolute atomic E-state index is 0.127. The molecule has 1 N–H and O–H groups in total. The highest BCUT2D eigenvalue weighted by Gasteiger charge is 2.36. The predicted octanol–water partition coefficient (Wildman–Crippen LogP) is 3.11. The molecule has 2 aromatic rings. The average Bonchev–Trinajstić information content (AvgIpc) is 2.90. The molecule has 5 nitrogen and oxygen atoms in total. The van der Waals surface area contributed by atoms with Crippen LogP contribution in [0.3, 0.4) is 0 Å². The van der Waals surface area contributed by atoms with Gasteiger partial charge < -0.3 is 14.9 Å². The molecular formula is C21H23N3O2S. The largest absolute Gasteiger partial charge is 0.396 e. The molecule has 1 fully saturated rings. The van der Waals surface area contributed by atoms with E-state index in [9.17, 15) is 4.79 Å². The highest BCUT2D eigenvalue weighted by molar-refractivity contribution is 7.80. The number of aliphatic hydroxyl groups is 1. The van der Waals surface area contributed by atoms with Crippen LogP contribution in [0.5, 0.6) is 0 Å². The molecule has 1 aliphatic heterocycles. The molecular weight excluding hydrogens is 358 g/mol. The van der Waals surface area contributed by atoms with Crippen LogP contribution in [-0.2, 0) is 4.79 Å². The summed E-state index contributed by atoms with van der Waals surface area (Å²) in [5.41, 5.74) is 3.31. The number of amides is 1. The highest BCUT2D eigenvalue weighted by Crippen LogP contribution is 2.28. The lowest BCUT2D eigenvalue weighted by molar-refractivity contribution is -0.114. The number of rotatable bonds is 6. The minimum Gasteiger partial charge on any atom is -0.396 e. The van der Waals surface area contributed by atoms with Crippen molar-refractivity contribution in [2.75, 3.05) is 37.0 Å². The molecule has 2 aromatic carbocycles. The van der Waals surface area contributed by atoms with Gasteiger partial charge in [0, 0.05) is 32.9 Å². The Morgan fingerprint density at radius 2 is 1.78 bits per heavy atom. The van der Waals surface area contributed by atoms with Crippen molar-refractivity contribution in [3.8, 4) is 0 Å². The summed E-state index contributed by atoms with van der Waals surface area (Å²) in [7, 11) is 3.81. The zero-order valence-electron chi connectivity index (χ0n) is 15.5. The van der Waals surface area contributed by atoms with E-state index < -0.39 is 0 Å². The molecule has 6 heteroatoms. The van der Waals surface area contributed by atoms with E-state index in [0.717, 1.165) is 29.9 Å². The third kappa shape index (κ3) is 4.02. The number of para-hydroxylation sites is 1. The van der Waals surface area contributed by atoms with Gasteiger partial charge in [0.05, 0.1) is 5.69 Å². The summed E-state index contributed by atoms with van der Waals surface area (Å²) in [4.78, 5) is 18.3. The van der Waals surface area contributed by atoms with Crippen molar-refractivity contribution in [1.82, 2.24) is 4.90 Å². The first-order valence-corrected chi connectivity index (χ1v) is 9.24. The van der Waals surface area contributed by atoms with Crippen LogP contribution in [0.1, 0.15) is 12.0 Å². The number of nitrogens with zero attached hydrogens (tertiary/aromatic N) is 3. The van der Waals surface area contributed by atoms with Crippen molar-refractivity contribution < 1.29 is 9.90 Å². The molecule has 0 aromatic heterocycles. The van der Waals surface area contributed by atoms with Crippen LogP contribution in [0.4, 0.5) is 11.4 Å². The Morgan fingerprint density at radius 1 is 1.11 bits per heavy atom. The molecule has 0 atom stereocenters. The van der Waals surface area contributed by atoms with E-state index >= 15 is 0 Å². The van der Waals surface area contributed by atoms with Gasteiger partial charge in [-0.25, -0.2) is 0 Å². The van der Waals surface area contributed by atoms with E-state index in [0.29, 0.717) is 10.8 Å². The first-order chi connectivity index (χ1) is 13.0. The van der Waals surface area contributed by atoms with Gasteiger partial charge in [-0.1, -0.05) is 30.3 Å². The van der Waals surface area contributed by atoms with E-state index in [2.05, 4.69) is 4.90 Å². The van der Waals surface area contributed by atoms with E-state index in [1.54, 1.807) is 9.80 Å². The number of hydrogen-bond acceptors (Lipinski definition) is 4. The molecule has 0 unspecified atom stereocenters. The van der Waals surface area contributed by atoms with Gasteiger partial charge in [-0.2, -0.15) is 0 Å². The number of thiocarbonyl (C=S) groups is 1. The molecule has 0 saturated carbocycles. The lowest BCUT2D eigenvalue weighted by Gasteiger charge is -2.18. The van der Waals surface area contributed by atoms with Crippen LogP contribution in [0.25, 0.3) is 6.08 Å². The summed E-state index contributed by atoms with van der Waals surface area (Å²) in [5.74, 6) is -0.127. The molecule has 0 aliphatic carbocycles. The normalized spacial score (nSPS) is 15.7. The second kappa shape index (κ2) is 8.33. The lowest BCUT2D eigenvalue weighted by Crippen LogP contribution is -2.30. The number of benzene rings is 2. The Bertz CT molecular complexity index is 849. The summed E-state index contributed by atoms with van der Waals surface area (Å²) in [6.07, 6.45) is 2.59. The van der Waals surface area contributed by atoms with E-state index in [-0.39, 0.29) is 12.5 Å². The molecule has 140 valence electrons. The summed E-state index contributed by atoms with van der Waals surface area (Å²) in [6.45, 7) is 0.971. The fourth-order valence-electron chi connectivity index (χ4n) is 2.98. The maximum absolute atomic E-state index is 12.9. The highest BCUT2D eigenvalue weighted by atomic mass is 32.1. The summed E-state index contributed by atoms with van der Waals surface area (Å²) < 4.78 is 0. The molecule has 1 saturated heterocycles. The van der Waals surface area contributed by atoms with E-state index in [4.69, 9.17) is 17.3 Å². The zero-order chi connectivity index (χ0) is 19.4. The summed E-state index contributed by atoms with van der Waals surface area (Å²) >= 11 is 5.47. The Balaban J connectivity index is 1.82. The molecule has 0 bridgehead atoms. The maximum Gasteiger partial charge on any atom is 0.281 e. The Morgan fingerprint density at radius 3 is 2.41 bits per heavy atom. The number of aliphatic hydroxyl groups excluding tert-OH is 1. The van der Waals surface area contributed by atoms with Crippen molar-refractivity contribution >= 4 is 40.7 Å². The van der Waals surface area contributed by atoms with E-state index in [1.807, 2.05) is 74.8 Å². The number of hydrogen-bond donors (Lipinski definition) is 1. The van der Waals surface area contributed by atoms with Gasteiger partial charge >= 0.3 is 0 Å². The van der Waals surface area contributed by atoms with Gasteiger partial charge in [0.1, 0.15) is 5.70 Å². The fourth-order valence-corrected chi connectivity index (χ4v) is 3.27. The van der Waals surface area contributed by atoms with Gasteiger partial charge in [-0.05, 0) is 54.5 Å². The van der Waals surface area contributed by atoms with Crippen molar-refractivity contribution in [2.45, 2.75) is 6.42 Å². The molecule has 1 amide bonds. The Labute approximate surface area is 165 Å². The van der Waals surface area contributed by atoms with Crippen molar-refractivity contribution in [2.24, 2.45) is 0 Å². The van der Waals surface area contributed by atoms with Crippen LogP contribution < -0.4 is 9.80 Å². The topological polar surface area (TPSA) is 47.0 Å². The number of carbonyl (C=O) groups is 1. The number of likely N-dealkylation sites (N-methyl/N-ethyl adjacent to an activating group) is 1. The summed E-state index contributed by atoms with van der Waals surface area (Å²) in [5, 5.41) is 9.43. The second-order valence-electron chi connectivity index (χ2n) is 6.44. The quantitative estimate of drug-likeness (QED) is 0.615. The van der Waals surface area contributed by atoms with Crippen molar-refractivity contribution in [3.63, 3.8) is 0 Å². The predicted molar refractivity (Wildman–Crippen MR) is 114 cm³/mol. The third-order valence-corrected chi connectivity index (χ3v) is 5.02. The molecule has 1 heterocycles. The molecule has 0 spiro atoms. The number of anilines is 2. The van der Waals surface area contributed by atoms with Crippen molar-refractivity contribution in [3.05, 3.63) is 65.9 Å². The standard InChI is InChI=1S/C21H23N3O2S/c1-22(13-6-14-25)17-11-9-16(10-12-17)15-19-20(26)24(21(27)23(19)2)18-7-4-3-5-8-18/h3-5,7-12,15,25H,6,13-14H2,1-2H3/b19-15+. The van der Waals surface area contributed by atoms with Gasteiger partial charge in [0.2, 0.25) is 0 Å². The van der Waals surface area contributed by atoms with Gasteiger partial charge in [-0.15, -0.1) is 0 Å². The van der Waals surface area contributed by atoms with Gasteiger partial charge in [0.15, 0.2) is 5.11 Å². The molecule has 27 heavy (non-hydrogen) atoms. The van der Waals surface area contributed by atoms with Crippen LogP contribution in [0.15, 0.2) is 60.3 Å². The first-order valence-electron chi connectivity index (χ1n) is 8.84. The van der Waals surface area contributed by atoms with Gasteiger partial charge in [-0.3, -0.25) is 9.69 Å². The maximum atomic E-state index is 12.9. The Kier molecular flexibility index (Phi) is 5.88. The van der Waals surface area contributed by atoms with Gasteiger partial charge in [0.25, 0.3) is 5.91 Å². The Hall–Kier alpha value is -2.70. The molecule has 3 rings (SSSR count). The number of carbonyl (C=O) groups excluding carboxylic acids is 1. The lowest BCUT2D eigenvalue weighted by atomic mass is 10.1. The SMILES string of the molecule is CN1C(=S)N(c2ccccc2)C(=O)/C1=C\c1ccc(N(C)CCCO)cc1. The second-order valence-corrected chi connectivity index (χ2v) is 6.80. The van der Waals surface area contributed by atoms with E-state index in [1.165, 1.54) is 0 Å². The fraction of sp³-hybridized carbons (Fsp3) is 0.238. The third-order valence-electron chi connectivity index (χ3n) is 4.57. The van der Waals surface area contributed by atoms with Crippen LogP contribution in [0, 0.1) is 0 Å². The van der Waals surface area contributed by atoms with Crippen molar-refractivity contribution in [1.29, 1.82) is 0 Å². The summed E-state index contributed by atoms with van der Waals surface area (Å²) in [6, 6.07) is 17.4.